The first-order valence-electron chi connectivity index (χ1n) is 8.61. The van der Waals surface area contributed by atoms with Gasteiger partial charge in [0.15, 0.2) is 0 Å². The second kappa shape index (κ2) is 7.46. The SMILES string of the molecule is CC(C(=O)NCCc1ccc(C(F)(F)F)cc1)N1C(=O)c2ccccc2C1=O. The number of imide groups is 1. The molecule has 0 saturated carbocycles. The van der Waals surface area contributed by atoms with Gasteiger partial charge in [-0.25, -0.2) is 0 Å². The van der Waals surface area contributed by atoms with Crippen molar-refractivity contribution in [3.05, 3.63) is 70.8 Å². The van der Waals surface area contributed by atoms with E-state index in [0.29, 0.717) is 12.0 Å². The Bertz CT molecular complexity index is 888. The van der Waals surface area contributed by atoms with Crippen LogP contribution >= 0.6 is 0 Å². The fourth-order valence-corrected chi connectivity index (χ4v) is 3.02. The van der Waals surface area contributed by atoms with Gasteiger partial charge in [0, 0.05) is 6.54 Å². The molecule has 1 aliphatic heterocycles. The molecule has 3 amide bonds. The highest BCUT2D eigenvalue weighted by atomic mass is 19.4. The molecule has 5 nitrogen and oxygen atoms in total. The van der Waals surface area contributed by atoms with Crippen LogP contribution in [0, 0.1) is 0 Å². The van der Waals surface area contributed by atoms with Crippen LogP contribution < -0.4 is 5.32 Å². The Morgan fingerprint density at radius 1 is 1.00 bits per heavy atom. The Kier molecular flexibility index (Phi) is 5.22. The van der Waals surface area contributed by atoms with E-state index >= 15 is 0 Å². The zero-order valence-electron chi connectivity index (χ0n) is 14.9. The van der Waals surface area contributed by atoms with E-state index in [1.54, 1.807) is 12.1 Å². The number of carbonyl (C=O) groups excluding carboxylic acids is 3. The van der Waals surface area contributed by atoms with Gasteiger partial charge in [0.2, 0.25) is 5.91 Å². The van der Waals surface area contributed by atoms with Gasteiger partial charge < -0.3 is 5.32 Å². The number of amides is 3. The third kappa shape index (κ3) is 3.76. The molecule has 1 heterocycles. The molecule has 2 aromatic rings. The lowest BCUT2D eigenvalue weighted by molar-refractivity contribution is -0.137. The van der Waals surface area contributed by atoms with Crippen LogP contribution in [-0.2, 0) is 17.4 Å². The molecular weight excluding hydrogens is 373 g/mol. The molecule has 0 aliphatic carbocycles. The predicted octanol–water partition coefficient (Wildman–Crippen LogP) is 3.05. The standard InChI is InChI=1S/C20H17F3N2O3/c1-12(25-18(27)15-4-2-3-5-16(15)19(25)28)17(26)24-11-10-13-6-8-14(9-7-13)20(21,22)23/h2-9,12H,10-11H2,1H3,(H,24,26). The summed E-state index contributed by atoms with van der Waals surface area (Å²) in [5, 5.41) is 2.61. The summed E-state index contributed by atoms with van der Waals surface area (Å²) in [6.45, 7) is 1.62. The largest absolute Gasteiger partial charge is 0.416 e. The molecule has 8 heteroatoms. The molecule has 2 aromatic carbocycles. The minimum atomic E-state index is -4.39. The van der Waals surface area contributed by atoms with E-state index in [4.69, 9.17) is 0 Å². The first-order chi connectivity index (χ1) is 13.2. The molecule has 0 aromatic heterocycles. The molecule has 1 atom stereocenters. The number of nitrogens with zero attached hydrogens (tertiary/aromatic N) is 1. The van der Waals surface area contributed by atoms with E-state index in [1.807, 2.05) is 0 Å². The Morgan fingerprint density at radius 2 is 1.54 bits per heavy atom. The summed E-state index contributed by atoms with van der Waals surface area (Å²) < 4.78 is 37.7. The van der Waals surface area contributed by atoms with Crippen molar-refractivity contribution >= 4 is 17.7 Å². The van der Waals surface area contributed by atoms with Gasteiger partial charge >= 0.3 is 6.18 Å². The zero-order chi connectivity index (χ0) is 20.5. The van der Waals surface area contributed by atoms with Gasteiger partial charge in [-0.2, -0.15) is 13.2 Å². The van der Waals surface area contributed by atoms with Gasteiger partial charge in [-0.15, -0.1) is 0 Å². The van der Waals surface area contributed by atoms with Gasteiger partial charge in [-0.3, -0.25) is 19.3 Å². The molecular formula is C20H17F3N2O3. The fraction of sp³-hybridized carbons (Fsp3) is 0.250. The summed E-state index contributed by atoms with van der Waals surface area (Å²) >= 11 is 0. The second-order valence-electron chi connectivity index (χ2n) is 6.44. The van der Waals surface area contributed by atoms with Crippen LogP contribution in [0.1, 0.15) is 38.8 Å². The topological polar surface area (TPSA) is 66.5 Å². The van der Waals surface area contributed by atoms with Crippen LogP contribution in [0.15, 0.2) is 48.5 Å². The van der Waals surface area contributed by atoms with E-state index in [1.165, 1.54) is 31.2 Å². The second-order valence-corrected chi connectivity index (χ2v) is 6.44. The molecule has 1 N–H and O–H groups in total. The maximum Gasteiger partial charge on any atom is 0.416 e. The van der Waals surface area contributed by atoms with Crippen molar-refractivity contribution in [2.75, 3.05) is 6.54 Å². The van der Waals surface area contributed by atoms with Crippen LogP contribution in [0.2, 0.25) is 0 Å². The molecule has 0 spiro atoms. The smallest absolute Gasteiger partial charge is 0.354 e. The highest BCUT2D eigenvalue weighted by Crippen LogP contribution is 2.29. The maximum absolute atomic E-state index is 12.6. The van der Waals surface area contributed by atoms with E-state index in [2.05, 4.69) is 5.32 Å². The van der Waals surface area contributed by atoms with Crippen molar-refractivity contribution < 1.29 is 27.6 Å². The summed E-state index contributed by atoms with van der Waals surface area (Å²) in [5.41, 5.74) is 0.412. The minimum absolute atomic E-state index is 0.164. The molecule has 0 radical (unpaired) electrons. The van der Waals surface area contributed by atoms with E-state index < -0.39 is 35.5 Å². The highest BCUT2D eigenvalue weighted by Gasteiger charge is 2.40. The quantitative estimate of drug-likeness (QED) is 0.798. The predicted molar refractivity (Wildman–Crippen MR) is 94.6 cm³/mol. The summed E-state index contributed by atoms with van der Waals surface area (Å²) in [7, 11) is 0. The summed E-state index contributed by atoms with van der Waals surface area (Å²) in [6, 6.07) is 10.0. The van der Waals surface area contributed by atoms with E-state index in [0.717, 1.165) is 17.0 Å². The number of rotatable bonds is 5. The number of hydrogen-bond acceptors (Lipinski definition) is 3. The van der Waals surface area contributed by atoms with E-state index in [-0.39, 0.29) is 17.7 Å². The van der Waals surface area contributed by atoms with Gasteiger partial charge in [-0.1, -0.05) is 24.3 Å². The van der Waals surface area contributed by atoms with Crippen LogP contribution in [-0.4, -0.2) is 35.2 Å². The number of benzene rings is 2. The van der Waals surface area contributed by atoms with Gasteiger partial charge in [0.1, 0.15) is 6.04 Å². The molecule has 146 valence electrons. The third-order valence-corrected chi connectivity index (χ3v) is 4.59. The summed E-state index contributed by atoms with van der Waals surface area (Å²) in [6.07, 6.45) is -4.08. The number of nitrogens with one attached hydrogen (secondary N) is 1. The number of hydrogen-bond donors (Lipinski definition) is 1. The maximum atomic E-state index is 12.6. The van der Waals surface area contributed by atoms with Crippen LogP contribution in [0.5, 0.6) is 0 Å². The number of fused-ring (bicyclic) bond motifs is 1. The van der Waals surface area contributed by atoms with Crippen LogP contribution in [0.4, 0.5) is 13.2 Å². The fourth-order valence-electron chi connectivity index (χ4n) is 3.02. The molecule has 1 unspecified atom stereocenters. The number of halogens is 3. The highest BCUT2D eigenvalue weighted by molar-refractivity contribution is 6.22. The van der Waals surface area contributed by atoms with E-state index in [9.17, 15) is 27.6 Å². The Balaban J connectivity index is 1.57. The third-order valence-electron chi connectivity index (χ3n) is 4.59. The van der Waals surface area contributed by atoms with Gasteiger partial charge in [-0.05, 0) is 43.2 Å². The summed E-state index contributed by atoms with van der Waals surface area (Å²) in [4.78, 5) is 38.0. The molecule has 0 fully saturated rings. The molecule has 0 saturated heterocycles. The van der Waals surface area contributed by atoms with Crippen molar-refractivity contribution in [2.45, 2.75) is 25.6 Å². The number of carbonyl (C=O) groups is 3. The molecule has 28 heavy (non-hydrogen) atoms. The van der Waals surface area contributed by atoms with Crippen molar-refractivity contribution in [1.29, 1.82) is 0 Å². The lowest BCUT2D eigenvalue weighted by Gasteiger charge is -2.21. The lowest BCUT2D eigenvalue weighted by Crippen LogP contribution is -2.48. The molecule has 1 aliphatic rings. The van der Waals surface area contributed by atoms with Crippen LogP contribution in [0.25, 0.3) is 0 Å². The molecule has 3 rings (SSSR count). The zero-order valence-corrected chi connectivity index (χ0v) is 14.9. The lowest BCUT2D eigenvalue weighted by atomic mass is 10.1. The van der Waals surface area contributed by atoms with Crippen molar-refractivity contribution in [3.8, 4) is 0 Å². The first kappa shape index (κ1) is 19.6. The van der Waals surface area contributed by atoms with Gasteiger partial charge in [0.25, 0.3) is 11.8 Å². The Morgan fingerprint density at radius 3 is 2.04 bits per heavy atom. The van der Waals surface area contributed by atoms with Crippen molar-refractivity contribution in [1.82, 2.24) is 10.2 Å². The number of alkyl halides is 3. The van der Waals surface area contributed by atoms with Crippen molar-refractivity contribution in [3.63, 3.8) is 0 Å². The normalized spacial score (nSPS) is 14.8. The summed E-state index contributed by atoms with van der Waals surface area (Å²) in [5.74, 6) is -1.56. The molecule has 0 bridgehead atoms. The average molecular weight is 390 g/mol. The van der Waals surface area contributed by atoms with Gasteiger partial charge in [0.05, 0.1) is 16.7 Å². The van der Waals surface area contributed by atoms with Crippen LogP contribution in [0.3, 0.4) is 0 Å². The minimum Gasteiger partial charge on any atom is -0.354 e. The Hall–Kier alpha value is -3.16. The Labute approximate surface area is 159 Å². The first-order valence-corrected chi connectivity index (χ1v) is 8.61. The monoisotopic (exact) mass is 390 g/mol. The average Bonchev–Trinajstić information content (AvgIpc) is 2.92. The van der Waals surface area contributed by atoms with Crippen molar-refractivity contribution in [2.24, 2.45) is 0 Å².